The molecule has 0 aromatic heterocycles. The number of hydrogen-bond acceptors (Lipinski definition) is 2. The van der Waals surface area contributed by atoms with E-state index in [9.17, 15) is 9.18 Å². The highest BCUT2D eigenvalue weighted by Crippen LogP contribution is 2.30. The maximum Gasteiger partial charge on any atom is 0.255 e. The van der Waals surface area contributed by atoms with Crippen LogP contribution in [-0.2, 0) is 4.79 Å². The highest BCUT2D eigenvalue weighted by molar-refractivity contribution is 5.83. The van der Waals surface area contributed by atoms with Gasteiger partial charge in [0.1, 0.15) is 0 Å². The number of hydrogen-bond donors (Lipinski definition) is 2. The van der Waals surface area contributed by atoms with Gasteiger partial charge < -0.3 is 11.5 Å². The van der Waals surface area contributed by atoms with Gasteiger partial charge in [-0.1, -0.05) is 0 Å². The second-order valence-electron chi connectivity index (χ2n) is 3.17. The fourth-order valence-electron chi connectivity index (χ4n) is 1.34. The summed E-state index contributed by atoms with van der Waals surface area (Å²) in [5, 5.41) is 0. The summed E-state index contributed by atoms with van der Waals surface area (Å²) in [4.78, 5) is 10.6. The zero-order valence-corrected chi connectivity index (χ0v) is 6.35. The van der Waals surface area contributed by atoms with E-state index in [1.54, 1.807) is 0 Å². The predicted octanol–water partition coefficient (Wildman–Crippen LogP) is 0.0813. The molecule has 0 saturated heterocycles. The van der Waals surface area contributed by atoms with E-state index in [1.807, 2.05) is 0 Å². The minimum atomic E-state index is -1.78. The largest absolute Gasteiger partial charge is 0.367 e. The zero-order chi connectivity index (χ0) is 8.48. The van der Waals surface area contributed by atoms with Gasteiger partial charge in [0.05, 0.1) is 0 Å². The molecule has 0 aromatic carbocycles. The summed E-state index contributed by atoms with van der Waals surface area (Å²) in [5.41, 5.74) is 8.65. The van der Waals surface area contributed by atoms with Crippen LogP contribution in [0.2, 0.25) is 0 Å². The minimum Gasteiger partial charge on any atom is -0.367 e. The van der Waals surface area contributed by atoms with Gasteiger partial charge in [-0.3, -0.25) is 4.79 Å². The molecule has 1 amide bonds. The Bertz CT molecular complexity index is 164. The van der Waals surface area contributed by atoms with E-state index in [-0.39, 0.29) is 18.9 Å². The van der Waals surface area contributed by atoms with Crippen LogP contribution in [0.15, 0.2) is 0 Å². The molecule has 1 saturated carbocycles. The molecule has 0 aromatic rings. The van der Waals surface area contributed by atoms with E-state index in [0.717, 1.165) is 0 Å². The Labute approximate surface area is 64.9 Å². The topological polar surface area (TPSA) is 69.1 Å². The third kappa shape index (κ3) is 1.68. The first-order valence-electron chi connectivity index (χ1n) is 3.79. The molecular formula is C7H13FN2O. The van der Waals surface area contributed by atoms with Crippen molar-refractivity contribution in [3.05, 3.63) is 0 Å². The number of carbonyl (C=O) groups excluding carboxylic acids is 1. The van der Waals surface area contributed by atoms with Crippen molar-refractivity contribution in [1.29, 1.82) is 0 Å². The monoisotopic (exact) mass is 160 g/mol. The van der Waals surface area contributed by atoms with Gasteiger partial charge in [0.15, 0.2) is 5.67 Å². The maximum atomic E-state index is 13.3. The quantitative estimate of drug-likeness (QED) is 0.570. The second-order valence-corrected chi connectivity index (χ2v) is 3.17. The molecule has 0 heterocycles. The van der Waals surface area contributed by atoms with E-state index in [1.165, 1.54) is 0 Å². The molecular weight excluding hydrogens is 147 g/mol. The lowest BCUT2D eigenvalue weighted by Crippen LogP contribution is -2.45. The molecule has 0 unspecified atom stereocenters. The van der Waals surface area contributed by atoms with E-state index in [4.69, 9.17) is 11.5 Å². The van der Waals surface area contributed by atoms with Crippen LogP contribution in [0.3, 0.4) is 0 Å². The van der Waals surface area contributed by atoms with Crippen LogP contribution in [0.4, 0.5) is 4.39 Å². The number of primary amides is 1. The molecule has 4 N–H and O–H groups in total. The van der Waals surface area contributed by atoms with Gasteiger partial charge in [-0.05, 0) is 25.7 Å². The van der Waals surface area contributed by atoms with Gasteiger partial charge >= 0.3 is 0 Å². The second kappa shape index (κ2) is 2.77. The highest BCUT2D eigenvalue weighted by atomic mass is 19.1. The molecule has 0 bridgehead atoms. The van der Waals surface area contributed by atoms with Crippen molar-refractivity contribution >= 4 is 5.91 Å². The molecule has 1 fully saturated rings. The Kier molecular flexibility index (Phi) is 2.13. The molecule has 0 spiro atoms. The SMILES string of the molecule is NC(=O)C1(F)CCC(N)CC1. The smallest absolute Gasteiger partial charge is 0.255 e. The van der Waals surface area contributed by atoms with E-state index in [2.05, 4.69) is 0 Å². The Balaban J connectivity index is 2.55. The lowest BCUT2D eigenvalue weighted by Gasteiger charge is -2.29. The molecule has 11 heavy (non-hydrogen) atoms. The molecule has 1 rings (SSSR count). The number of nitrogens with two attached hydrogens (primary N) is 2. The summed E-state index contributed by atoms with van der Waals surface area (Å²) in [6.45, 7) is 0. The van der Waals surface area contributed by atoms with Crippen molar-refractivity contribution in [3.63, 3.8) is 0 Å². The summed E-state index contributed by atoms with van der Waals surface area (Å²) < 4.78 is 13.3. The van der Waals surface area contributed by atoms with Crippen LogP contribution >= 0.6 is 0 Å². The van der Waals surface area contributed by atoms with Gasteiger partial charge in [0, 0.05) is 6.04 Å². The predicted molar refractivity (Wildman–Crippen MR) is 39.5 cm³/mol. The van der Waals surface area contributed by atoms with Crippen molar-refractivity contribution in [2.24, 2.45) is 11.5 Å². The van der Waals surface area contributed by atoms with E-state index >= 15 is 0 Å². The summed E-state index contributed by atoms with van der Waals surface area (Å²) >= 11 is 0. The number of alkyl halides is 1. The Morgan fingerprint density at radius 3 is 2.27 bits per heavy atom. The van der Waals surface area contributed by atoms with Gasteiger partial charge in [0.25, 0.3) is 5.91 Å². The molecule has 0 aliphatic heterocycles. The lowest BCUT2D eigenvalue weighted by molar-refractivity contribution is -0.131. The standard InChI is InChI=1S/C7H13FN2O/c8-7(6(10)11)3-1-5(9)2-4-7/h5H,1-4,9H2,(H2,10,11). The molecule has 4 heteroatoms. The van der Waals surface area contributed by atoms with Crippen LogP contribution in [0.25, 0.3) is 0 Å². The minimum absolute atomic E-state index is 0.0400. The third-order valence-corrected chi connectivity index (χ3v) is 2.26. The lowest BCUT2D eigenvalue weighted by atomic mass is 9.83. The fraction of sp³-hybridized carbons (Fsp3) is 0.857. The summed E-state index contributed by atoms with van der Waals surface area (Å²) in [6.07, 6.45) is 1.48. The van der Waals surface area contributed by atoms with Crippen LogP contribution < -0.4 is 11.5 Å². The number of carbonyl (C=O) groups is 1. The maximum absolute atomic E-state index is 13.3. The Morgan fingerprint density at radius 2 is 1.91 bits per heavy atom. The van der Waals surface area contributed by atoms with Crippen molar-refractivity contribution in [1.82, 2.24) is 0 Å². The summed E-state index contributed by atoms with van der Waals surface area (Å²) in [7, 11) is 0. The first-order valence-corrected chi connectivity index (χ1v) is 3.79. The molecule has 3 nitrogen and oxygen atoms in total. The Hall–Kier alpha value is -0.640. The molecule has 1 aliphatic rings. The van der Waals surface area contributed by atoms with Crippen molar-refractivity contribution < 1.29 is 9.18 Å². The first kappa shape index (κ1) is 8.46. The summed E-state index contributed by atoms with van der Waals surface area (Å²) in [5.74, 6) is -0.843. The number of amides is 1. The zero-order valence-electron chi connectivity index (χ0n) is 6.35. The summed E-state index contributed by atoms with van der Waals surface area (Å²) in [6, 6.07) is 0.0400. The Morgan fingerprint density at radius 1 is 1.45 bits per heavy atom. The van der Waals surface area contributed by atoms with Gasteiger partial charge in [-0.15, -0.1) is 0 Å². The molecule has 64 valence electrons. The van der Waals surface area contributed by atoms with E-state index < -0.39 is 11.6 Å². The van der Waals surface area contributed by atoms with Crippen LogP contribution in [0.1, 0.15) is 25.7 Å². The molecule has 0 radical (unpaired) electrons. The highest BCUT2D eigenvalue weighted by Gasteiger charge is 2.39. The molecule has 0 atom stereocenters. The van der Waals surface area contributed by atoms with Gasteiger partial charge in [-0.2, -0.15) is 0 Å². The third-order valence-electron chi connectivity index (χ3n) is 2.26. The normalized spacial score (nSPS) is 38.5. The van der Waals surface area contributed by atoms with Crippen LogP contribution in [0, 0.1) is 0 Å². The first-order chi connectivity index (χ1) is 5.04. The fourth-order valence-corrected chi connectivity index (χ4v) is 1.34. The van der Waals surface area contributed by atoms with E-state index in [0.29, 0.717) is 12.8 Å². The van der Waals surface area contributed by atoms with Crippen LogP contribution in [-0.4, -0.2) is 17.6 Å². The van der Waals surface area contributed by atoms with Gasteiger partial charge in [-0.25, -0.2) is 4.39 Å². The average molecular weight is 160 g/mol. The van der Waals surface area contributed by atoms with Gasteiger partial charge in [0.2, 0.25) is 0 Å². The molecule has 1 aliphatic carbocycles. The van der Waals surface area contributed by atoms with Crippen molar-refractivity contribution in [3.8, 4) is 0 Å². The number of rotatable bonds is 1. The number of halogens is 1. The van der Waals surface area contributed by atoms with Crippen molar-refractivity contribution in [2.75, 3.05) is 0 Å². The average Bonchev–Trinajstić information content (AvgIpc) is 1.95. The van der Waals surface area contributed by atoms with Crippen LogP contribution in [0.5, 0.6) is 0 Å². The van der Waals surface area contributed by atoms with Crippen molar-refractivity contribution in [2.45, 2.75) is 37.4 Å².